The number of hydrogen-bond acceptors (Lipinski definition) is 2. The van der Waals surface area contributed by atoms with Gasteiger partial charge >= 0.3 is 0 Å². The lowest BCUT2D eigenvalue weighted by Gasteiger charge is -1.88. The maximum absolute atomic E-state index is 8.06. The molecule has 0 saturated heterocycles. The van der Waals surface area contributed by atoms with Crippen LogP contribution < -0.4 is 0 Å². The van der Waals surface area contributed by atoms with Gasteiger partial charge in [0.1, 0.15) is 6.61 Å². The van der Waals surface area contributed by atoms with Crippen LogP contribution in [0, 0.1) is 6.61 Å². The van der Waals surface area contributed by atoms with Gasteiger partial charge < -0.3 is 10.2 Å². The minimum Gasteiger partial charge on any atom is -0.391 e. The van der Waals surface area contributed by atoms with E-state index in [1.807, 2.05) is 0 Å². The monoisotopic (exact) mass is 75.0 g/mol. The minimum atomic E-state index is -0.685. The molecule has 0 aliphatic rings. The smallest absolute Gasteiger partial charge is 0.108 e. The van der Waals surface area contributed by atoms with Crippen LogP contribution in [0.4, 0.5) is 0 Å². The van der Waals surface area contributed by atoms with Crippen molar-refractivity contribution in [2.75, 3.05) is 0 Å². The minimum absolute atomic E-state index is 0.685. The molecule has 0 unspecified atom stereocenters. The van der Waals surface area contributed by atoms with Crippen molar-refractivity contribution in [3.8, 4) is 0 Å². The molecule has 0 amide bonds. The average molecular weight is 75.1 g/mol. The lowest BCUT2D eigenvalue weighted by atomic mass is 10.5. The molecule has 1 atom stereocenters. The van der Waals surface area contributed by atoms with E-state index in [1.54, 1.807) is 0 Å². The zero-order valence-electron chi connectivity index (χ0n) is 3.05. The topological polar surface area (TPSA) is 40.5 Å². The number of hydrogen-bond donors (Lipinski definition) is 2. The Kier molecular flexibility index (Phi) is 2.14. The normalized spacial score (nSPS) is 15.0. The van der Waals surface area contributed by atoms with E-state index < -0.39 is 6.10 Å². The summed E-state index contributed by atoms with van der Waals surface area (Å²) in [6, 6.07) is 0. The summed E-state index contributed by atoms with van der Waals surface area (Å²) >= 11 is 0. The Morgan fingerprint density at radius 3 is 2.00 bits per heavy atom. The molecule has 2 N–H and O–H groups in total. The second-order valence-corrected chi connectivity index (χ2v) is 0.890. The predicted octanol–water partition coefficient (Wildman–Crippen LogP) is -0.0985. The Labute approximate surface area is 31.1 Å². The van der Waals surface area contributed by atoms with Crippen molar-refractivity contribution in [3.05, 3.63) is 6.61 Å². The maximum atomic E-state index is 8.06. The van der Waals surface area contributed by atoms with Crippen LogP contribution in [-0.2, 0) is 0 Å². The molecule has 0 heterocycles. The molecule has 0 fully saturated rings. The van der Waals surface area contributed by atoms with Crippen LogP contribution in [0.2, 0.25) is 0 Å². The fraction of sp³-hybridized carbons (Fsp3) is 0.667. The third kappa shape index (κ3) is 3.92. The van der Waals surface area contributed by atoms with Gasteiger partial charge in [-0.15, -0.1) is 0 Å². The van der Waals surface area contributed by atoms with E-state index in [0.29, 0.717) is 0 Å². The zero-order valence-corrected chi connectivity index (χ0v) is 3.05. The molecule has 31 valence electrons. The zero-order chi connectivity index (χ0) is 4.28. The lowest BCUT2D eigenvalue weighted by molar-refractivity contribution is 0.161. The van der Waals surface area contributed by atoms with Crippen LogP contribution in [0.5, 0.6) is 0 Å². The van der Waals surface area contributed by atoms with Crippen molar-refractivity contribution in [2.45, 2.75) is 13.0 Å². The van der Waals surface area contributed by atoms with Gasteiger partial charge in [-0.25, -0.2) is 0 Å². The van der Waals surface area contributed by atoms with Gasteiger partial charge in [0.15, 0.2) is 0 Å². The van der Waals surface area contributed by atoms with E-state index in [2.05, 4.69) is 0 Å². The second kappa shape index (κ2) is 2.18. The van der Waals surface area contributed by atoms with Gasteiger partial charge in [-0.2, -0.15) is 0 Å². The number of aliphatic hydroxyl groups is 2. The molecule has 2 nitrogen and oxygen atoms in total. The molecule has 1 radical (unpaired) electrons. The molecule has 0 aliphatic carbocycles. The first-order valence-electron chi connectivity index (χ1n) is 1.43. The van der Waals surface area contributed by atoms with Crippen LogP contribution in [0.25, 0.3) is 0 Å². The Morgan fingerprint density at radius 1 is 1.80 bits per heavy atom. The van der Waals surface area contributed by atoms with E-state index >= 15 is 0 Å². The molecule has 0 bridgehead atoms. The van der Waals surface area contributed by atoms with Crippen LogP contribution in [0.3, 0.4) is 0 Å². The van der Waals surface area contributed by atoms with Gasteiger partial charge in [0.2, 0.25) is 0 Å². The predicted molar refractivity (Wildman–Crippen MR) is 17.9 cm³/mol. The largest absolute Gasteiger partial charge is 0.391 e. The van der Waals surface area contributed by atoms with Crippen molar-refractivity contribution in [3.63, 3.8) is 0 Å². The molecule has 0 aromatic rings. The molecule has 0 rings (SSSR count). The van der Waals surface area contributed by atoms with Gasteiger partial charge in [-0.3, -0.25) is 0 Å². The average Bonchev–Trinajstić information content (AvgIpc) is 1.38. The molecule has 0 aliphatic heterocycles. The van der Waals surface area contributed by atoms with Gasteiger partial charge in [-0.05, 0) is 6.92 Å². The summed E-state index contributed by atoms with van der Waals surface area (Å²) in [6.07, 6.45) is -0.685. The Balaban J connectivity index is 2.54. The molecule has 0 spiro atoms. The van der Waals surface area contributed by atoms with Gasteiger partial charge in [0.05, 0.1) is 6.10 Å². The van der Waals surface area contributed by atoms with E-state index in [-0.39, 0.29) is 0 Å². The van der Waals surface area contributed by atoms with Gasteiger partial charge in [-0.1, -0.05) is 0 Å². The summed E-state index contributed by atoms with van der Waals surface area (Å²) in [5, 5.41) is 15.8. The highest BCUT2D eigenvalue weighted by Crippen LogP contribution is 1.75. The molecule has 5 heavy (non-hydrogen) atoms. The Hall–Kier alpha value is -0.0800. The van der Waals surface area contributed by atoms with Gasteiger partial charge in [0, 0.05) is 0 Å². The van der Waals surface area contributed by atoms with E-state index in [1.165, 1.54) is 6.92 Å². The molecule has 0 saturated carbocycles. The summed E-state index contributed by atoms with van der Waals surface area (Å²) in [6.45, 7) is 2.19. The highest BCUT2D eigenvalue weighted by Gasteiger charge is 1.84. The van der Waals surface area contributed by atoms with E-state index in [0.717, 1.165) is 6.61 Å². The maximum Gasteiger partial charge on any atom is 0.108 e. The van der Waals surface area contributed by atoms with Crippen LogP contribution in [0.1, 0.15) is 6.92 Å². The number of aliphatic hydroxyl groups excluding tert-OH is 2. The fourth-order valence-electron chi connectivity index (χ4n) is 0. The fourth-order valence-corrected chi connectivity index (χ4v) is 0. The molecular weight excluding hydrogens is 68.0 g/mol. The molecule has 0 aromatic heterocycles. The highest BCUT2D eigenvalue weighted by atomic mass is 16.3. The molecular formula is C3H7O2. The summed E-state index contributed by atoms with van der Waals surface area (Å²) in [7, 11) is 0. The first-order valence-corrected chi connectivity index (χ1v) is 1.43. The highest BCUT2D eigenvalue weighted by molar-refractivity contribution is 4.51. The van der Waals surface area contributed by atoms with Crippen LogP contribution in [-0.4, -0.2) is 16.3 Å². The summed E-state index contributed by atoms with van der Waals surface area (Å²) in [5.41, 5.74) is 0. The van der Waals surface area contributed by atoms with Crippen molar-refractivity contribution in [2.24, 2.45) is 0 Å². The summed E-state index contributed by atoms with van der Waals surface area (Å²) in [4.78, 5) is 0. The van der Waals surface area contributed by atoms with Crippen molar-refractivity contribution < 1.29 is 10.2 Å². The lowest BCUT2D eigenvalue weighted by Crippen LogP contribution is -1.96. The third-order valence-electron chi connectivity index (χ3n) is 0.216. The Bertz CT molecular complexity index is 18.9. The first kappa shape index (κ1) is 4.92. The quantitative estimate of drug-likeness (QED) is 0.457. The van der Waals surface area contributed by atoms with E-state index in [4.69, 9.17) is 10.2 Å². The first-order chi connectivity index (χ1) is 2.27. The Morgan fingerprint density at radius 2 is 2.00 bits per heavy atom. The summed E-state index contributed by atoms with van der Waals surface area (Å²) < 4.78 is 0. The van der Waals surface area contributed by atoms with Crippen LogP contribution >= 0.6 is 0 Å². The van der Waals surface area contributed by atoms with Crippen molar-refractivity contribution in [1.82, 2.24) is 0 Å². The van der Waals surface area contributed by atoms with Crippen molar-refractivity contribution in [1.29, 1.82) is 0 Å². The standard InChI is InChI=1S/C3H7O2/c1-3(5)2-4/h2-5H,1H3/t3-/m0/s1. The number of rotatable bonds is 1. The molecule has 2 heteroatoms. The van der Waals surface area contributed by atoms with Gasteiger partial charge in [0.25, 0.3) is 0 Å². The van der Waals surface area contributed by atoms with E-state index in [9.17, 15) is 0 Å². The molecule has 0 aromatic carbocycles. The SMILES string of the molecule is C[C@H](O)[CH]O. The summed E-state index contributed by atoms with van der Waals surface area (Å²) in [5.74, 6) is 0. The van der Waals surface area contributed by atoms with Crippen LogP contribution in [0.15, 0.2) is 0 Å². The third-order valence-corrected chi connectivity index (χ3v) is 0.216. The van der Waals surface area contributed by atoms with Crippen molar-refractivity contribution >= 4 is 0 Å². The second-order valence-electron chi connectivity index (χ2n) is 0.890.